The average molecular weight is 354 g/mol. The van der Waals surface area contributed by atoms with E-state index >= 15 is 0 Å². The fourth-order valence-electron chi connectivity index (χ4n) is 2.67. The number of anilines is 1. The van der Waals surface area contributed by atoms with Crippen molar-refractivity contribution in [2.24, 2.45) is 0 Å². The van der Waals surface area contributed by atoms with E-state index in [-0.39, 0.29) is 24.5 Å². The minimum atomic E-state index is -0.195. The van der Waals surface area contributed by atoms with E-state index in [4.69, 9.17) is 9.47 Å². The zero-order chi connectivity index (χ0) is 18.4. The van der Waals surface area contributed by atoms with E-state index in [2.05, 4.69) is 10.6 Å². The van der Waals surface area contributed by atoms with E-state index in [0.29, 0.717) is 30.2 Å². The van der Waals surface area contributed by atoms with Gasteiger partial charge >= 0.3 is 0 Å². The first kappa shape index (κ1) is 17.9. The molecule has 136 valence electrons. The molecule has 0 saturated carbocycles. The topological polar surface area (TPSA) is 76.7 Å². The van der Waals surface area contributed by atoms with Gasteiger partial charge in [-0.1, -0.05) is 30.3 Å². The maximum absolute atomic E-state index is 12.2. The van der Waals surface area contributed by atoms with Crippen LogP contribution < -0.4 is 15.4 Å². The highest BCUT2D eigenvalue weighted by atomic mass is 16.5. The second kappa shape index (κ2) is 8.49. The van der Waals surface area contributed by atoms with Gasteiger partial charge in [0.05, 0.1) is 11.8 Å². The van der Waals surface area contributed by atoms with Crippen LogP contribution in [0.15, 0.2) is 48.5 Å². The number of carbonyl (C=O) groups is 2. The molecule has 0 aliphatic carbocycles. The summed E-state index contributed by atoms with van der Waals surface area (Å²) >= 11 is 0. The summed E-state index contributed by atoms with van der Waals surface area (Å²) in [6.07, 6.45) is 0.750. The number of hydrogen-bond donors (Lipinski definition) is 2. The van der Waals surface area contributed by atoms with E-state index in [1.165, 1.54) is 0 Å². The van der Waals surface area contributed by atoms with Crippen LogP contribution in [-0.2, 0) is 9.53 Å². The third-order valence-corrected chi connectivity index (χ3v) is 4.12. The Balaban J connectivity index is 1.41. The van der Waals surface area contributed by atoms with Crippen molar-refractivity contribution in [3.05, 3.63) is 59.7 Å². The highest BCUT2D eigenvalue weighted by Gasteiger charge is 2.17. The van der Waals surface area contributed by atoms with Gasteiger partial charge < -0.3 is 20.1 Å². The van der Waals surface area contributed by atoms with Crippen LogP contribution >= 0.6 is 0 Å². The molecule has 26 heavy (non-hydrogen) atoms. The summed E-state index contributed by atoms with van der Waals surface area (Å²) in [5.74, 6) is 0.140. The first-order chi connectivity index (χ1) is 12.6. The average Bonchev–Trinajstić information content (AvgIpc) is 2.67. The van der Waals surface area contributed by atoms with E-state index < -0.39 is 0 Å². The maximum atomic E-state index is 12.2. The van der Waals surface area contributed by atoms with Gasteiger partial charge in [-0.3, -0.25) is 9.59 Å². The lowest BCUT2D eigenvalue weighted by molar-refractivity contribution is -0.118. The number of benzene rings is 2. The van der Waals surface area contributed by atoms with Crippen LogP contribution in [0.2, 0.25) is 0 Å². The van der Waals surface area contributed by atoms with Gasteiger partial charge in [-0.05, 0) is 37.1 Å². The summed E-state index contributed by atoms with van der Waals surface area (Å²) in [6.45, 7) is 3.07. The van der Waals surface area contributed by atoms with Crippen molar-refractivity contribution < 1.29 is 19.1 Å². The highest BCUT2D eigenvalue weighted by Crippen LogP contribution is 2.28. The van der Waals surface area contributed by atoms with Gasteiger partial charge in [-0.15, -0.1) is 0 Å². The molecule has 2 aromatic carbocycles. The Morgan fingerprint density at radius 1 is 1.27 bits per heavy atom. The molecule has 1 heterocycles. The van der Waals surface area contributed by atoms with E-state index in [9.17, 15) is 9.59 Å². The molecule has 6 nitrogen and oxygen atoms in total. The van der Waals surface area contributed by atoms with Gasteiger partial charge in [-0.2, -0.15) is 0 Å². The molecule has 0 bridgehead atoms. The molecule has 0 spiro atoms. The monoisotopic (exact) mass is 354 g/mol. The summed E-state index contributed by atoms with van der Waals surface area (Å²) in [5.41, 5.74) is 2.22. The molecule has 0 aromatic heterocycles. The number of fused-ring (bicyclic) bond motifs is 1. The Hall–Kier alpha value is -2.86. The van der Waals surface area contributed by atoms with Crippen molar-refractivity contribution in [2.75, 3.05) is 25.1 Å². The molecule has 2 N–H and O–H groups in total. The molecular weight excluding hydrogens is 332 g/mol. The SMILES string of the molecule is CC(OCCCNC(=O)c1ccc2c(c1)OCC(=O)N2)c1ccccc1. The van der Waals surface area contributed by atoms with Crippen molar-refractivity contribution in [1.82, 2.24) is 5.32 Å². The van der Waals surface area contributed by atoms with Gasteiger partial charge in [-0.25, -0.2) is 0 Å². The maximum Gasteiger partial charge on any atom is 0.262 e. The predicted octanol–water partition coefficient (Wildman–Crippen LogP) is 2.92. The fourth-order valence-corrected chi connectivity index (χ4v) is 2.67. The quantitative estimate of drug-likeness (QED) is 0.750. The summed E-state index contributed by atoms with van der Waals surface area (Å²) in [6, 6.07) is 15.0. The zero-order valence-corrected chi connectivity index (χ0v) is 14.7. The normalized spacial score (nSPS) is 14.0. The molecule has 1 aliphatic heterocycles. The lowest BCUT2D eigenvalue weighted by Gasteiger charge is -2.18. The summed E-state index contributed by atoms with van der Waals surface area (Å²) < 4.78 is 11.1. The van der Waals surface area contributed by atoms with Crippen molar-refractivity contribution in [3.8, 4) is 5.75 Å². The van der Waals surface area contributed by atoms with Crippen LogP contribution in [0.3, 0.4) is 0 Å². The predicted molar refractivity (Wildman–Crippen MR) is 98.3 cm³/mol. The van der Waals surface area contributed by atoms with Gasteiger partial charge in [0.15, 0.2) is 6.61 Å². The van der Waals surface area contributed by atoms with Crippen LogP contribution in [0.4, 0.5) is 5.69 Å². The number of rotatable bonds is 7. The molecule has 1 aliphatic rings. The van der Waals surface area contributed by atoms with E-state index in [1.807, 2.05) is 37.3 Å². The highest BCUT2D eigenvalue weighted by molar-refractivity contribution is 5.98. The van der Waals surface area contributed by atoms with Gasteiger partial charge in [0, 0.05) is 18.7 Å². The molecule has 3 rings (SSSR count). The first-order valence-corrected chi connectivity index (χ1v) is 8.65. The minimum Gasteiger partial charge on any atom is -0.482 e. The molecule has 1 unspecified atom stereocenters. The Morgan fingerprint density at radius 2 is 2.08 bits per heavy atom. The molecular formula is C20H22N2O4. The Morgan fingerprint density at radius 3 is 2.88 bits per heavy atom. The van der Waals surface area contributed by atoms with Gasteiger partial charge in [0.2, 0.25) is 0 Å². The fraction of sp³-hybridized carbons (Fsp3) is 0.300. The van der Waals surface area contributed by atoms with E-state index in [0.717, 1.165) is 12.0 Å². The molecule has 6 heteroatoms. The Kier molecular flexibility index (Phi) is 5.86. The van der Waals surface area contributed by atoms with Crippen LogP contribution in [-0.4, -0.2) is 31.6 Å². The van der Waals surface area contributed by atoms with E-state index in [1.54, 1.807) is 18.2 Å². The molecule has 0 radical (unpaired) electrons. The molecule has 1 atom stereocenters. The second-order valence-corrected chi connectivity index (χ2v) is 6.08. The molecule has 0 fully saturated rings. The minimum absolute atomic E-state index is 0.0277. The van der Waals surface area contributed by atoms with Crippen molar-refractivity contribution in [3.63, 3.8) is 0 Å². The Labute approximate surface area is 152 Å². The summed E-state index contributed by atoms with van der Waals surface area (Å²) in [4.78, 5) is 23.5. The van der Waals surface area contributed by atoms with Crippen LogP contribution in [0.25, 0.3) is 0 Å². The molecule has 2 amide bonds. The second-order valence-electron chi connectivity index (χ2n) is 6.08. The lowest BCUT2D eigenvalue weighted by Crippen LogP contribution is -2.27. The van der Waals surface area contributed by atoms with Crippen molar-refractivity contribution in [2.45, 2.75) is 19.4 Å². The Bertz CT molecular complexity index is 777. The van der Waals surface area contributed by atoms with Gasteiger partial charge in [0.1, 0.15) is 5.75 Å². The molecule has 2 aromatic rings. The number of hydrogen-bond acceptors (Lipinski definition) is 4. The third kappa shape index (κ3) is 4.61. The lowest BCUT2D eigenvalue weighted by atomic mass is 10.1. The number of ether oxygens (including phenoxy) is 2. The zero-order valence-electron chi connectivity index (χ0n) is 14.7. The standard InChI is InChI=1S/C20H22N2O4/c1-14(15-6-3-2-4-7-15)25-11-5-10-21-20(24)16-8-9-17-18(12-16)26-13-19(23)22-17/h2-4,6-9,12,14H,5,10-11,13H2,1H3,(H,21,24)(H,22,23). The number of amides is 2. The molecule has 0 saturated heterocycles. The number of carbonyl (C=O) groups excluding carboxylic acids is 2. The van der Waals surface area contributed by atoms with Crippen LogP contribution in [0.1, 0.15) is 35.4 Å². The largest absolute Gasteiger partial charge is 0.482 e. The third-order valence-electron chi connectivity index (χ3n) is 4.12. The van der Waals surface area contributed by atoms with Crippen LogP contribution in [0.5, 0.6) is 5.75 Å². The number of nitrogens with one attached hydrogen (secondary N) is 2. The first-order valence-electron chi connectivity index (χ1n) is 8.65. The van der Waals surface area contributed by atoms with Crippen molar-refractivity contribution >= 4 is 17.5 Å². The smallest absolute Gasteiger partial charge is 0.262 e. The van der Waals surface area contributed by atoms with Crippen molar-refractivity contribution in [1.29, 1.82) is 0 Å². The van der Waals surface area contributed by atoms with Gasteiger partial charge in [0.25, 0.3) is 11.8 Å². The van der Waals surface area contributed by atoms with Crippen LogP contribution in [0, 0.1) is 0 Å². The summed E-state index contributed by atoms with van der Waals surface area (Å²) in [7, 11) is 0. The summed E-state index contributed by atoms with van der Waals surface area (Å²) in [5, 5.41) is 5.56.